The molecule has 0 atom stereocenters. The minimum absolute atomic E-state index is 0.191. The topological polar surface area (TPSA) is 49.4 Å². The molecule has 1 saturated heterocycles. The molecule has 0 aromatic heterocycles. The summed E-state index contributed by atoms with van der Waals surface area (Å²) < 4.78 is 27.3. The Labute approximate surface area is 160 Å². The number of amides is 2. The van der Waals surface area contributed by atoms with Gasteiger partial charge in [0.25, 0.3) is 5.91 Å². The van der Waals surface area contributed by atoms with Crippen LogP contribution in [0.4, 0.5) is 14.5 Å². The normalized spacial score (nSPS) is 14.0. The minimum atomic E-state index is -0.772. The second kappa shape index (κ2) is 8.31. The van der Waals surface area contributed by atoms with Gasteiger partial charge in [-0.25, -0.2) is 8.78 Å². The predicted molar refractivity (Wildman–Crippen MR) is 101 cm³/mol. The molecule has 2 aromatic carbocycles. The van der Waals surface area contributed by atoms with E-state index in [1.807, 2.05) is 0 Å². The molecule has 4 nitrogen and oxygen atoms in total. The molecule has 0 radical (unpaired) electrons. The van der Waals surface area contributed by atoms with Crippen molar-refractivity contribution in [1.82, 2.24) is 4.90 Å². The summed E-state index contributed by atoms with van der Waals surface area (Å²) in [5.41, 5.74) is 0.260. The van der Waals surface area contributed by atoms with E-state index in [9.17, 15) is 18.4 Å². The first-order valence-electron chi connectivity index (χ1n) is 8.47. The van der Waals surface area contributed by atoms with Crippen LogP contribution >= 0.6 is 11.6 Å². The van der Waals surface area contributed by atoms with E-state index in [2.05, 4.69) is 5.32 Å². The standard InChI is InChI=1S/C20H17ClF2N2O2/c21-13-6-7-15(20(27)25-10-1-2-11-25)18(12-13)24-19(26)9-8-14-16(22)4-3-5-17(14)23/h3-9,12H,1-2,10-11H2,(H,24,26)/b9-8+. The van der Waals surface area contributed by atoms with Crippen molar-refractivity contribution in [1.29, 1.82) is 0 Å². The number of carbonyl (C=O) groups is 2. The van der Waals surface area contributed by atoms with Crippen LogP contribution in [0, 0.1) is 11.6 Å². The van der Waals surface area contributed by atoms with Crippen LogP contribution in [0.2, 0.25) is 5.02 Å². The Morgan fingerprint density at radius 3 is 2.41 bits per heavy atom. The van der Waals surface area contributed by atoms with Crippen molar-refractivity contribution < 1.29 is 18.4 Å². The van der Waals surface area contributed by atoms with Crippen LogP contribution in [0.15, 0.2) is 42.5 Å². The molecule has 1 aliphatic rings. The molecule has 1 heterocycles. The first-order valence-corrected chi connectivity index (χ1v) is 8.85. The maximum atomic E-state index is 13.6. The number of halogens is 3. The first-order chi connectivity index (χ1) is 13.0. The molecular formula is C20H17ClF2N2O2. The summed E-state index contributed by atoms with van der Waals surface area (Å²) in [6.45, 7) is 1.34. The first kappa shape index (κ1) is 19.0. The van der Waals surface area contributed by atoms with Gasteiger partial charge in [-0.05, 0) is 49.2 Å². The summed E-state index contributed by atoms with van der Waals surface area (Å²) >= 11 is 5.99. The molecule has 3 rings (SSSR count). The van der Waals surface area contributed by atoms with Gasteiger partial charge in [-0.15, -0.1) is 0 Å². The average Bonchev–Trinajstić information content (AvgIpc) is 3.15. The van der Waals surface area contributed by atoms with Gasteiger partial charge in [-0.1, -0.05) is 17.7 Å². The summed E-state index contributed by atoms with van der Waals surface area (Å²) in [5.74, 6) is -2.36. The fourth-order valence-electron chi connectivity index (χ4n) is 2.90. The van der Waals surface area contributed by atoms with Gasteiger partial charge in [0.1, 0.15) is 11.6 Å². The summed E-state index contributed by atoms with van der Waals surface area (Å²) in [5, 5.41) is 2.92. The van der Waals surface area contributed by atoms with Crippen molar-refractivity contribution in [3.05, 3.63) is 70.3 Å². The third-order valence-electron chi connectivity index (χ3n) is 4.26. The largest absolute Gasteiger partial charge is 0.339 e. The van der Waals surface area contributed by atoms with Gasteiger partial charge in [0, 0.05) is 29.8 Å². The Hall–Kier alpha value is -2.73. The van der Waals surface area contributed by atoms with Crippen molar-refractivity contribution in [3.8, 4) is 0 Å². The Balaban J connectivity index is 1.80. The number of nitrogens with zero attached hydrogens (tertiary/aromatic N) is 1. The summed E-state index contributed by atoms with van der Waals surface area (Å²) in [4.78, 5) is 26.6. The highest BCUT2D eigenvalue weighted by molar-refractivity contribution is 6.31. The van der Waals surface area contributed by atoms with E-state index < -0.39 is 17.5 Å². The van der Waals surface area contributed by atoms with E-state index in [1.165, 1.54) is 12.1 Å². The van der Waals surface area contributed by atoms with Crippen LogP contribution in [0.3, 0.4) is 0 Å². The molecule has 2 aromatic rings. The van der Waals surface area contributed by atoms with Crippen LogP contribution in [0.1, 0.15) is 28.8 Å². The van der Waals surface area contributed by atoms with Gasteiger partial charge >= 0.3 is 0 Å². The Kier molecular flexibility index (Phi) is 5.86. The molecule has 2 amide bonds. The molecule has 27 heavy (non-hydrogen) atoms. The SMILES string of the molecule is O=C(/C=C/c1c(F)cccc1F)Nc1cc(Cl)ccc1C(=O)N1CCCC1. The smallest absolute Gasteiger partial charge is 0.255 e. The highest BCUT2D eigenvalue weighted by atomic mass is 35.5. The lowest BCUT2D eigenvalue weighted by molar-refractivity contribution is -0.111. The van der Waals surface area contributed by atoms with Crippen LogP contribution in [-0.4, -0.2) is 29.8 Å². The third-order valence-corrected chi connectivity index (χ3v) is 4.50. The van der Waals surface area contributed by atoms with Gasteiger partial charge in [-0.3, -0.25) is 9.59 Å². The van der Waals surface area contributed by atoms with E-state index in [0.29, 0.717) is 23.7 Å². The fraction of sp³-hybridized carbons (Fsp3) is 0.200. The molecule has 1 aliphatic heterocycles. The highest BCUT2D eigenvalue weighted by Crippen LogP contribution is 2.24. The van der Waals surface area contributed by atoms with Crippen molar-refractivity contribution in [2.45, 2.75) is 12.8 Å². The monoisotopic (exact) mass is 390 g/mol. The Bertz CT molecular complexity index is 889. The molecule has 0 saturated carbocycles. The van der Waals surface area contributed by atoms with Crippen molar-refractivity contribution >= 4 is 35.2 Å². The maximum Gasteiger partial charge on any atom is 0.255 e. The molecule has 7 heteroatoms. The number of benzene rings is 2. The van der Waals surface area contributed by atoms with E-state index in [4.69, 9.17) is 11.6 Å². The molecule has 1 fully saturated rings. The lowest BCUT2D eigenvalue weighted by Crippen LogP contribution is -2.28. The fourth-order valence-corrected chi connectivity index (χ4v) is 3.07. The third kappa shape index (κ3) is 4.52. The lowest BCUT2D eigenvalue weighted by atomic mass is 10.1. The van der Waals surface area contributed by atoms with E-state index >= 15 is 0 Å². The highest BCUT2D eigenvalue weighted by Gasteiger charge is 2.22. The number of hydrogen-bond acceptors (Lipinski definition) is 2. The van der Waals surface area contributed by atoms with Gasteiger partial charge in [-0.2, -0.15) is 0 Å². The van der Waals surface area contributed by atoms with Crippen LogP contribution in [0.25, 0.3) is 6.08 Å². The van der Waals surface area contributed by atoms with Crippen molar-refractivity contribution in [2.24, 2.45) is 0 Å². The number of nitrogens with one attached hydrogen (secondary N) is 1. The number of likely N-dealkylation sites (tertiary alicyclic amines) is 1. The van der Waals surface area contributed by atoms with Crippen molar-refractivity contribution in [3.63, 3.8) is 0 Å². The number of carbonyl (C=O) groups excluding carboxylic acids is 2. The van der Waals surface area contributed by atoms with Crippen molar-refractivity contribution in [2.75, 3.05) is 18.4 Å². The van der Waals surface area contributed by atoms with E-state index in [-0.39, 0.29) is 17.2 Å². The molecule has 1 N–H and O–H groups in total. The molecule has 0 bridgehead atoms. The Morgan fingerprint density at radius 2 is 1.74 bits per heavy atom. The number of anilines is 1. The lowest BCUT2D eigenvalue weighted by Gasteiger charge is -2.18. The molecule has 140 valence electrons. The van der Waals surface area contributed by atoms with Crippen LogP contribution < -0.4 is 5.32 Å². The molecular weight excluding hydrogens is 374 g/mol. The van der Waals surface area contributed by atoms with Crippen LogP contribution in [0.5, 0.6) is 0 Å². The number of rotatable bonds is 4. The molecule has 0 spiro atoms. The summed E-state index contributed by atoms with van der Waals surface area (Å²) in [6.07, 6.45) is 3.94. The zero-order chi connectivity index (χ0) is 19.4. The van der Waals surface area contributed by atoms with Gasteiger partial charge < -0.3 is 10.2 Å². The molecule has 0 unspecified atom stereocenters. The average molecular weight is 391 g/mol. The Morgan fingerprint density at radius 1 is 1.07 bits per heavy atom. The summed E-state index contributed by atoms with van der Waals surface area (Å²) in [7, 11) is 0. The van der Waals surface area contributed by atoms with E-state index in [1.54, 1.807) is 17.0 Å². The maximum absolute atomic E-state index is 13.6. The summed E-state index contributed by atoms with van der Waals surface area (Å²) in [6, 6.07) is 8.05. The molecule has 0 aliphatic carbocycles. The zero-order valence-corrected chi connectivity index (χ0v) is 15.1. The predicted octanol–water partition coefficient (Wildman–Crippen LogP) is 4.51. The minimum Gasteiger partial charge on any atom is -0.339 e. The second-order valence-electron chi connectivity index (χ2n) is 6.15. The van der Waals surface area contributed by atoms with Gasteiger partial charge in [0.05, 0.1) is 11.3 Å². The quantitative estimate of drug-likeness (QED) is 0.781. The number of hydrogen-bond donors (Lipinski definition) is 1. The van der Waals surface area contributed by atoms with Gasteiger partial charge in [0.15, 0.2) is 0 Å². The van der Waals surface area contributed by atoms with Crippen LogP contribution in [-0.2, 0) is 4.79 Å². The second-order valence-corrected chi connectivity index (χ2v) is 6.58. The zero-order valence-electron chi connectivity index (χ0n) is 14.3. The van der Waals surface area contributed by atoms with Gasteiger partial charge in [0.2, 0.25) is 5.91 Å². The van der Waals surface area contributed by atoms with E-state index in [0.717, 1.165) is 37.1 Å².